The third kappa shape index (κ3) is 5.12. The Morgan fingerprint density at radius 2 is 2.22 bits per heavy atom. The zero-order valence-corrected chi connectivity index (χ0v) is 9.71. The van der Waals surface area contributed by atoms with Gasteiger partial charge in [0.05, 0.1) is 6.61 Å². The van der Waals surface area contributed by atoms with Gasteiger partial charge in [-0.3, -0.25) is 0 Å². The van der Waals surface area contributed by atoms with Crippen molar-refractivity contribution in [2.45, 2.75) is 0 Å². The van der Waals surface area contributed by atoms with E-state index in [0.29, 0.717) is 13.2 Å². The highest BCUT2D eigenvalue weighted by atomic mass is 16.6. The lowest BCUT2D eigenvalue weighted by molar-refractivity contribution is 0.180. The fourth-order valence-corrected chi connectivity index (χ4v) is 1.01. The van der Waals surface area contributed by atoms with E-state index in [0.717, 1.165) is 0 Å². The van der Waals surface area contributed by atoms with Crippen LogP contribution >= 0.6 is 0 Å². The number of nitrogens with two attached hydrogens (primary N) is 1. The maximum absolute atomic E-state index is 11.3. The van der Waals surface area contributed by atoms with Crippen LogP contribution in [0.4, 0.5) is 9.59 Å². The van der Waals surface area contributed by atoms with E-state index in [9.17, 15) is 9.59 Å². The van der Waals surface area contributed by atoms with Crippen molar-refractivity contribution in [3.63, 3.8) is 0 Å². The molecule has 8 heteroatoms. The van der Waals surface area contributed by atoms with Crippen LogP contribution in [0.3, 0.4) is 0 Å². The van der Waals surface area contributed by atoms with Gasteiger partial charge in [-0.25, -0.2) is 14.6 Å². The Balaban J connectivity index is 2.51. The number of aromatic nitrogens is 1. The quantitative estimate of drug-likeness (QED) is 0.730. The Bertz CT molecular complexity index is 424. The number of hydrogen-bond donors (Lipinski definition) is 2. The minimum absolute atomic E-state index is 0.0512. The zero-order valence-electron chi connectivity index (χ0n) is 9.71. The molecular formula is C10H13N3O5. The molecule has 2 amide bonds. The Labute approximate surface area is 103 Å². The van der Waals surface area contributed by atoms with Crippen molar-refractivity contribution in [2.75, 3.05) is 20.3 Å². The standard InChI is InChI=1S/C10H13N3O5/c1-16-5-4-13-10(15)17-7-2-3-12-8(6-7)18-9(11)14/h2-3,6H,4-5H2,1H3,(H2,11,14)(H,13,15). The fraction of sp³-hybridized carbons (Fsp3) is 0.300. The van der Waals surface area contributed by atoms with Crippen LogP contribution in [-0.2, 0) is 4.74 Å². The second-order valence-corrected chi connectivity index (χ2v) is 3.06. The van der Waals surface area contributed by atoms with E-state index in [-0.39, 0.29) is 11.6 Å². The molecule has 98 valence electrons. The van der Waals surface area contributed by atoms with Crippen molar-refractivity contribution >= 4 is 12.2 Å². The van der Waals surface area contributed by atoms with Crippen molar-refractivity contribution in [3.8, 4) is 11.6 Å². The highest BCUT2D eigenvalue weighted by molar-refractivity contribution is 5.70. The molecule has 0 saturated carbocycles. The smallest absolute Gasteiger partial charge is 0.410 e. The van der Waals surface area contributed by atoms with Crippen molar-refractivity contribution < 1.29 is 23.8 Å². The van der Waals surface area contributed by atoms with Crippen LogP contribution in [0, 0.1) is 0 Å². The number of primary amides is 1. The lowest BCUT2D eigenvalue weighted by atomic mass is 10.4. The summed E-state index contributed by atoms with van der Waals surface area (Å²) in [6.07, 6.45) is -0.330. The molecule has 0 aromatic carbocycles. The van der Waals surface area contributed by atoms with Crippen molar-refractivity contribution in [3.05, 3.63) is 18.3 Å². The summed E-state index contributed by atoms with van der Waals surface area (Å²) in [5.41, 5.74) is 4.82. The van der Waals surface area contributed by atoms with Gasteiger partial charge in [0.2, 0.25) is 5.88 Å². The average molecular weight is 255 g/mol. The number of amides is 2. The lowest BCUT2D eigenvalue weighted by Crippen LogP contribution is -2.29. The molecule has 3 N–H and O–H groups in total. The van der Waals surface area contributed by atoms with E-state index < -0.39 is 12.2 Å². The SMILES string of the molecule is COCCNC(=O)Oc1ccnc(OC(N)=O)c1. The van der Waals surface area contributed by atoms with Gasteiger partial charge in [0, 0.05) is 25.9 Å². The third-order valence-corrected chi connectivity index (χ3v) is 1.70. The second kappa shape index (κ2) is 7.07. The molecule has 0 saturated heterocycles. The number of rotatable bonds is 5. The zero-order chi connectivity index (χ0) is 13.4. The van der Waals surface area contributed by atoms with Crippen LogP contribution in [0.2, 0.25) is 0 Å². The van der Waals surface area contributed by atoms with Crippen LogP contribution in [0.15, 0.2) is 18.3 Å². The van der Waals surface area contributed by atoms with Crippen LogP contribution in [0.25, 0.3) is 0 Å². The molecule has 0 aliphatic rings. The highest BCUT2D eigenvalue weighted by Crippen LogP contribution is 2.16. The van der Waals surface area contributed by atoms with Gasteiger partial charge in [0.1, 0.15) is 5.75 Å². The minimum atomic E-state index is -0.996. The molecule has 0 radical (unpaired) electrons. The Kier molecular flexibility index (Phi) is 5.39. The molecule has 18 heavy (non-hydrogen) atoms. The fourth-order valence-electron chi connectivity index (χ4n) is 1.01. The number of hydrogen-bond acceptors (Lipinski definition) is 6. The minimum Gasteiger partial charge on any atom is -0.410 e. The number of methoxy groups -OCH3 is 1. The summed E-state index contributed by atoms with van der Waals surface area (Å²) in [6, 6.07) is 2.70. The number of carbonyl (C=O) groups excluding carboxylic acids is 2. The molecule has 0 unspecified atom stereocenters. The number of nitrogens with one attached hydrogen (secondary N) is 1. The van der Waals surface area contributed by atoms with Crippen LogP contribution in [0.5, 0.6) is 11.6 Å². The van der Waals surface area contributed by atoms with E-state index in [1.165, 1.54) is 25.4 Å². The van der Waals surface area contributed by atoms with Gasteiger partial charge in [-0.15, -0.1) is 0 Å². The maximum Gasteiger partial charge on any atom is 0.412 e. The van der Waals surface area contributed by atoms with Gasteiger partial charge in [0.15, 0.2) is 0 Å². The summed E-state index contributed by atoms with van der Waals surface area (Å²) in [5.74, 6) is 0.126. The van der Waals surface area contributed by atoms with Gasteiger partial charge < -0.3 is 25.3 Å². The van der Waals surface area contributed by atoms with Gasteiger partial charge in [-0.05, 0) is 6.07 Å². The normalized spacial score (nSPS) is 9.61. The van der Waals surface area contributed by atoms with Gasteiger partial charge in [-0.1, -0.05) is 0 Å². The monoisotopic (exact) mass is 255 g/mol. The first-order chi connectivity index (χ1) is 8.61. The van der Waals surface area contributed by atoms with Gasteiger partial charge >= 0.3 is 12.2 Å². The maximum atomic E-state index is 11.3. The van der Waals surface area contributed by atoms with Crippen molar-refractivity contribution in [1.82, 2.24) is 10.3 Å². The number of nitrogens with zero attached hydrogens (tertiary/aromatic N) is 1. The summed E-state index contributed by atoms with van der Waals surface area (Å²) in [5, 5.41) is 2.45. The van der Waals surface area contributed by atoms with E-state index in [1.807, 2.05) is 0 Å². The predicted octanol–water partition coefficient (Wildman–Crippen LogP) is 0.274. The molecule has 0 bridgehead atoms. The van der Waals surface area contributed by atoms with E-state index in [2.05, 4.69) is 15.0 Å². The lowest BCUT2D eigenvalue weighted by Gasteiger charge is -2.06. The molecule has 0 aliphatic carbocycles. The van der Waals surface area contributed by atoms with Crippen molar-refractivity contribution in [2.24, 2.45) is 5.73 Å². The van der Waals surface area contributed by atoms with Gasteiger partial charge in [-0.2, -0.15) is 0 Å². The number of pyridine rings is 1. The summed E-state index contributed by atoms with van der Waals surface area (Å²) in [6.45, 7) is 0.701. The van der Waals surface area contributed by atoms with Crippen LogP contribution < -0.4 is 20.5 Å². The Morgan fingerprint density at radius 3 is 2.89 bits per heavy atom. The molecule has 1 aromatic rings. The second-order valence-electron chi connectivity index (χ2n) is 3.06. The Hall–Kier alpha value is -2.35. The first-order valence-electron chi connectivity index (χ1n) is 5.00. The first-order valence-corrected chi connectivity index (χ1v) is 5.00. The summed E-state index contributed by atoms with van der Waals surface area (Å²) in [7, 11) is 1.52. The molecule has 1 aromatic heterocycles. The summed E-state index contributed by atoms with van der Waals surface area (Å²) >= 11 is 0. The first kappa shape index (κ1) is 13.7. The highest BCUT2D eigenvalue weighted by Gasteiger charge is 2.06. The van der Waals surface area contributed by atoms with Crippen LogP contribution in [-0.4, -0.2) is 37.4 Å². The van der Waals surface area contributed by atoms with Gasteiger partial charge in [0.25, 0.3) is 0 Å². The summed E-state index contributed by atoms with van der Waals surface area (Å²) < 4.78 is 14.2. The average Bonchev–Trinajstić information content (AvgIpc) is 2.28. The molecule has 0 spiro atoms. The number of ether oxygens (including phenoxy) is 3. The van der Waals surface area contributed by atoms with Crippen LogP contribution in [0.1, 0.15) is 0 Å². The molecule has 0 aliphatic heterocycles. The van der Waals surface area contributed by atoms with E-state index >= 15 is 0 Å². The predicted molar refractivity (Wildman–Crippen MR) is 60.4 cm³/mol. The third-order valence-electron chi connectivity index (χ3n) is 1.70. The molecular weight excluding hydrogens is 242 g/mol. The molecule has 0 fully saturated rings. The molecule has 1 rings (SSSR count). The van der Waals surface area contributed by atoms with Crippen molar-refractivity contribution in [1.29, 1.82) is 0 Å². The topological polar surface area (TPSA) is 113 Å². The molecule has 8 nitrogen and oxygen atoms in total. The molecule has 0 atom stereocenters. The largest absolute Gasteiger partial charge is 0.412 e. The Morgan fingerprint density at radius 1 is 1.44 bits per heavy atom. The number of carbonyl (C=O) groups is 2. The molecule has 1 heterocycles. The van der Waals surface area contributed by atoms with E-state index in [4.69, 9.17) is 15.2 Å². The summed E-state index contributed by atoms with van der Waals surface area (Å²) in [4.78, 5) is 25.5. The van der Waals surface area contributed by atoms with E-state index in [1.54, 1.807) is 0 Å².